The van der Waals surface area contributed by atoms with Crippen molar-refractivity contribution < 1.29 is 0 Å². The fourth-order valence-electron chi connectivity index (χ4n) is 1.63. The zero-order valence-electron chi connectivity index (χ0n) is 9.53. The SMILES string of the molecule is Cc1nn(C)c(Nc2ccccc2Cl)c1C#N. The summed E-state index contributed by atoms with van der Waals surface area (Å²) in [7, 11) is 1.78. The smallest absolute Gasteiger partial charge is 0.146 e. The number of anilines is 2. The Labute approximate surface area is 104 Å². The average molecular weight is 247 g/mol. The van der Waals surface area contributed by atoms with Crippen molar-refractivity contribution in [2.45, 2.75) is 6.92 Å². The standard InChI is InChI=1S/C12H11ClN4/c1-8-9(7-14)12(17(2)16-8)15-11-6-4-3-5-10(11)13/h3-6,15H,1-2H3. The molecule has 0 unspecified atom stereocenters. The van der Waals surface area contributed by atoms with Crippen LogP contribution in [0.15, 0.2) is 24.3 Å². The molecule has 0 aliphatic rings. The molecule has 4 nitrogen and oxygen atoms in total. The molecule has 0 aliphatic heterocycles. The molecule has 0 atom stereocenters. The van der Waals surface area contributed by atoms with Crippen molar-refractivity contribution in [2.75, 3.05) is 5.32 Å². The van der Waals surface area contributed by atoms with Gasteiger partial charge in [0.15, 0.2) is 0 Å². The van der Waals surface area contributed by atoms with Crippen molar-refractivity contribution in [1.82, 2.24) is 9.78 Å². The Kier molecular flexibility index (Phi) is 3.03. The molecule has 17 heavy (non-hydrogen) atoms. The minimum atomic E-state index is 0.535. The number of aryl methyl sites for hydroxylation is 2. The molecule has 0 amide bonds. The number of hydrogen-bond donors (Lipinski definition) is 1. The van der Waals surface area contributed by atoms with Crippen LogP contribution in [0.25, 0.3) is 0 Å². The number of aromatic nitrogens is 2. The molecule has 0 radical (unpaired) electrons. The molecule has 2 rings (SSSR count). The highest BCUT2D eigenvalue weighted by atomic mass is 35.5. The highest BCUT2D eigenvalue weighted by molar-refractivity contribution is 6.33. The third-order valence-corrected chi connectivity index (χ3v) is 2.79. The number of para-hydroxylation sites is 1. The summed E-state index contributed by atoms with van der Waals surface area (Å²) in [6.45, 7) is 1.80. The third-order valence-electron chi connectivity index (χ3n) is 2.46. The quantitative estimate of drug-likeness (QED) is 0.886. The number of nitrogens with one attached hydrogen (secondary N) is 1. The fraction of sp³-hybridized carbons (Fsp3) is 0.167. The van der Waals surface area contributed by atoms with Gasteiger partial charge < -0.3 is 5.32 Å². The Morgan fingerprint density at radius 3 is 2.76 bits per heavy atom. The Balaban J connectivity index is 2.44. The van der Waals surface area contributed by atoms with E-state index in [-0.39, 0.29) is 0 Å². The third kappa shape index (κ3) is 2.10. The van der Waals surface area contributed by atoms with Gasteiger partial charge in [-0.25, -0.2) is 0 Å². The Morgan fingerprint density at radius 2 is 2.12 bits per heavy atom. The fourth-order valence-corrected chi connectivity index (χ4v) is 1.81. The minimum Gasteiger partial charge on any atom is -0.338 e. The zero-order chi connectivity index (χ0) is 12.4. The van der Waals surface area contributed by atoms with Crippen LogP contribution in [0.4, 0.5) is 11.5 Å². The molecule has 1 N–H and O–H groups in total. The van der Waals surface area contributed by atoms with E-state index in [0.29, 0.717) is 22.1 Å². The maximum absolute atomic E-state index is 9.08. The van der Waals surface area contributed by atoms with E-state index in [0.717, 1.165) is 5.69 Å². The minimum absolute atomic E-state index is 0.535. The van der Waals surface area contributed by atoms with Gasteiger partial charge in [-0.3, -0.25) is 4.68 Å². The van der Waals surface area contributed by atoms with Gasteiger partial charge >= 0.3 is 0 Å². The lowest BCUT2D eigenvalue weighted by Crippen LogP contribution is -2.00. The monoisotopic (exact) mass is 246 g/mol. The zero-order valence-corrected chi connectivity index (χ0v) is 10.3. The van der Waals surface area contributed by atoms with E-state index in [4.69, 9.17) is 16.9 Å². The molecule has 0 saturated heterocycles. The van der Waals surface area contributed by atoms with Gasteiger partial charge in [-0.1, -0.05) is 23.7 Å². The van der Waals surface area contributed by atoms with Crippen LogP contribution >= 0.6 is 11.6 Å². The van der Waals surface area contributed by atoms with E-state index in [9.17, 15) is 0 Å². The predicted molar refractivity (Wildman–Crippen MR) is 67.4 cm³/mol. The molecule has 0 bridgehead atoms. The molecule has 0 fully saturated rings. The first-order chi connectivity index (χ1) is 8.13. The van der Waals surface area contributed by atoms with E-state index < -0.39 is 0 Å². The molecule has 0 aliphatic carbocycles. The summed E-state index contributed by atoms with van der Waals surface area (Å²) in [5, 5.41) is 17.0. The van der Waals surface area contributed by atoms with Crippen molar-refractivity contribution in [2.24, 2.45) is 7.05 Å². The van der Waals surface area contributed by atoms with E-state index in [2.05, 4.69) is 16.5 Å². The molecular formula is C12H11ClN4. The van der Waals surface area contributed by atoms with Crippen LogP contribution in [0.5, 0.6) is 0 Å². The molecule has 2 aromatic rings. The van der Waals surface area contributed by atoms with E-state index in [1.54, 1.807) is 24.7 Å². The lowest BCUT2D eigenvalue weighted by molar-refractivity contribution is 0.765. The van der Waals surface area contributed by atoms with Gasteiger partial charge in [-0.15, -0.1) is 0 Å². The lowest BCUT2D eigenvalue weighted by Gasteiger charge is -2.08. The van der Waals surface area contributed by atoms with Gasteiger partial charge in [0.05, 0.1) is 16.4 Å². The average Bonchev–Trinajstić information content (AvgIpc) is 2.56. The highest BCUT2D eigenvalue weighted by Gasteiger charge is 2.13. The summed E-state index contributed by atoms with van der Waals surface area (Å²) >= 11 is 6.05. The Morgan fingerprint density at radius 1 is 1.41 bits per heavy atom. The number of halogens is 1. The normalized spacial score (nSPS) is 10.0. The maximum atomic E-state index is 9.08. The van der Waals surface area contributed by atoms with E-state index in [1.165, 1.54) is 0 Å². The molecule has 0 saturated carbocycles. The largest absolute Gasteiger partial charge is 0.338 e. The van der Waals surface area contributed by atoms with Crippen molar-refractivity contribution >= 4 is 23.1 Å². The summed E-state index contributed by atoms with van der Waals surface area (Å²) < 4.78 is 1.64. The maximum Gasteiger partial charge on any atom is 0.146 e. The van der Waals surface area contributed by atoms with Crippen LogP contribution in [0.3, 0.4) is 0 Å². The number of rotatable bonds is 2. The van der Waals surface area contributed by atoms with Gasteiger partial charge in [-0.2, -0.15) is 10.4 Å². The van der Waals surface area contributed by atoms with Crippen LogP contribution in [0.1, 0.15) is 11.3 Å². The second-order valence-corrected chi connectivity index (χ2v) is 4.06. The van der Waals surface area contributed by atoms with Gasteiger partial charge in [0.2, 0.25) is 0 Å². The molecule has 5 heteroatoms. The van der Waals surface area contributed by atoms with E-state index in [1.807, 2.05) is 18.2 Å². The Hall–Kier alpha value is -1.99. The van der Waals surface area contributed by atoms with Crippen molar-refractivity contribution in [3.8, 4) is 6.07 Å². The van der Waals surface area contributed by atoms with E-state index >= 15 is 0 Å². The molecule has 1 aromatic carbocycles. The molecular weight excluding hydrogens is 236 g/mol. The van der Waals surface area contributed by atoms with Gasteiger partial charge in [0.25, 0.3) is 0 Å². The van der Waals surface area contributed by atoms with Crippen molar-refractivity contribution in [3.63, 3.8) is 0 Å². The van der Waals surface area contributed by atoms with Gasteiger partial charge in [0, 0.05) is 7.05 Å². The first kappa shape index (κ1) is 11.5. The Bertz CT molecular complexity index is 595. The number of nitrogens with zero attached hydrogens (tertiary/aromatic N) is 3. The molecule has 86 valence electrons. The first-order valence-electron chi connectivity index (χ1n) is 5.08. The molecule has 1 aromatic heterocycles. The number of hydrogen-bond acceptors (Lipinski definition) is 3. The first-order valence-corrected chi connectivity index (χ1v) is 5.46. The summed E-state index contributed by atoms with van der Waals surface area (Å²) in [4.78, 5) is 0. The summed E-state index contributed by atoms with van der Waals surface area (Å²) in [6, 6.07) is 9.51. The topological polar surface area (TPSA) is 53.6 Å². The van der Waals surface area contributed by atoms with Gasteiger partial charge in [-0.05, 0) is 19.1 Å². The van der Waals surface area contributed by atoms with Crippen LogP contribution in [0.2, 0.25) is 5.02 Å². The molecule has 0 spiro atoms. The van der Waals surface area contributed by atoms with Crippen LogP contribution in [-0.2, 0) is 7.05 Å². The van der Waals surface area contributed by atoms with Gasteiger partial charge in [0.1, 0.15) is 17.5 Å². The highest BCUT2D eigenvalue weighted by Crippen LogP contribution is 2.27. The molecule has 1 heterocycles. The van der Waals surface area contributed by atoms with Crippen LogP contribution < -0.4 is 5.32 Å². The van der Waals surface area contributed by atoms with Crippen LogP contribution in [-0.4, -0.2) is 9.78 Å². The summed E-state index contributed by atoms with van der Waals surface area (Å²) in [6.07, 6.45) is 0. The van der Waals surface area contributed by atoms with Crippen molar-refractivity contribution in [3.05, 3.63) is 40.5 Å². The number of nitriles is 1. The number of benzene rings is 1. The summed E-state index contributed by atoms with van der Waals surface area (Å²) in [5.41, 5.74) is 1.99. The predicted octanol–water partition coefficient (Wildman–Crippen LogP) is 3.00. The van der Waals surface area contributed by atoms with Crippen molar-refractivity contribution in [1.29, 1.82) is 5.26 Å². The second-order valence-electron chi connectivity index (χ2n) is 3.65. The summed E-state index contributed by atoms with van der Waals surface area (Å²) in [5.74, 6) is 0.651. The lowest BCUT2D eigenvalue weighted by atomic mass is 10.2. The van der Waals surface area contributed by atoms with Crippen LogP contribution in [0, 0.1) is 18.3 Å². The second kappa shape index (κ2) is 4.48.